The van der Waals surface area contributed by atoms with E-state index in [9.17, 15) is 10.2 Å². The van der Waals surface area contributed by atoms with Gasteiger partial charge in [0, 0.05) is 29.4 Å². The molecule has 0 aliphatic heterocycles. The molecule has 0 aromatic heterocycles. The van der Waals surface area contributed by atoms with Gasteiger partial charge in [0.05, 0.1) is 33.1 Å². The van der Waals surface area contributed by atoms with Crippen LogP contribution in [-0.4, -0.2) is 43.4 Å². The smallest absolute Gasteiger partial charge is 0.192 e. The zero-order valence-corrected chi connectivity index (χ0v) is 40.9. The second-order valence-corrected chi connectivity index (χ2v) is 27.0. The third kappa shape index (κ3) is 12.8. The quantitative estimate of drug-likeness (QED) is 0.127. The summed E-state index contributed by atoms with van der Waals surface area (Å²) in [5.74, 6) is -2.47. The lowest BCUT2D eigenvalue weighted by Crippen LogP contribution is -2.45. The van der Waals surface area contributed by atoms with E-state index in [0.29, 0.717) is 36.9 Å². The molecule has 0 spiro atoms. The lowest BCUT2D eigenvalue weighted by atomic mass is 9.61. The molecule has 0 bridgehead atoms. The molecule has 2 N–H and O–H groups in total. The first-order valence-electron chi connectivity index (χ1n) is 27.6. The van der Waals surface area contributed by atoms with Crippen LogP contribution in [-0.2, 0) is 8.95 Å². The Labute approximate surface area is 393 Å². The molecule has 0 radical (unpaired) electrons. The molecular formula is C56H83O4PSi. The minimum Gasteiger partial charge on any atom is -0.410 e. The number of fused-ring (bicyclic) bond motifs is 1. The van der Waals surface area contributed by atoms with Crippen molar-refractivity contribution >= 4 is 27.1 Å². The third-order valence-corrected chi connectivity index (χ3v) is 21.1. The Morgan fingerprint density at radius 3 is 2.18 bits per heavy atom. The van der Waals surface area contributed by atoms with Crippen molar-refractivity contribution in [2.24, 2.45) is 40.9 Å². The second-order valence-electron chi connectivity index (χ2n) is 20.3. The monoisotopic (exact) mass is 888 g/mol. The number of benzene rings is 2. The largest absolute Gasteiger partial charge is 0.410 e. The van der Waals surface area contributed by atoms with Crippen molar-refractivity contribution in [2.45, 2.75) is 156 Å². The molecule has 340 valence electrons. The topological polar surface area (TPSA) is 58.9 Å². The van der Waals surface area contributed by atoms with Crippen LogP contribution in [0.1, 0.15) is 132 Å². The van der Waals surface area contributed by atoms with E-state index in [2.05, 4.69) is 134 Å². The molecule has 0 saturated heterocycles. The lowest BCUT2D eigenvalue weighted by Gasteiger charge is -2.44. The molecule has 4 aliphatic rings. The van der Waals surface area contributed by atoms with Crippen LogP contribution in [0.15, 0.2) is 132 Å². The van der Waals surface area contributed by atoms with Crippen molar-refractivity contribution in [3.8, 4) is 0 Å². The summed E-state index contributed by atoms with van der Waals surface area (Å²) in [5.41, 5.74) is 5.31. The standard InChI is InChI=1S/C28H39O2PSi.C28H44O2/c1-22-20-24(23(2)27(21-22)30-32(6,7)28(3,4)5)18-19-29-31(25-14-10-8-11-15-25)26-16-12-9-13-17-26;1-18(2)19(3)9-10-20(4)25-13-14-26-22(8-7-15-28(25,26)6)11-12-23-16-24(29)17-27(30)21(23)5/h8-18,22,27H,2,19-21H2,1,3-7H3;9-12,18-20,24-27,29-30H,5,7-8,13-17H2,1-4,6H3/b24-18-;10-9+,22-11+,23-12-/t22-,27-;19-,20+,24-,25+,26-,27-,28+/m00/s1/i;1D3,2D3,3D3. The fourth-order valence-corrected chi connectivity index (χ4v) is 13.0. The number of rotatable bonds is 12. The maximum Gasteiger partial charge on any atom is 0.192 e. The highest BCUT2D eigenvalue weighted by Gasteiger charge is 2.50. The normalized spacial score (nSPS) is 33.0. The highest BCUT2D eigenvalue weighted by atomic mass is 31.1. The average molecular weight is 888 g/mol. The van der Waals surface area contributed by atoms with E-state index in [1.807, 2.05) is 13.0 Å². The minimum absolute atomic E-state index is 0.0299. The van der Waals surface area contributed by atoms with E-state index >= 15 is 0 Å². The summed E-state index contributed by atoms with van der Waals surface area (Å²) >= 11 is 0. The summed E-state index contributed by atoms with van der Waals surface area (Å²) in [4.78, 5) is 0. The molecule has 4 nitrogen and oxygen atoms in total. The molecule has 4 saturated carbocycles. The van der Waals surface area contributed by atoms with Gasteiger partial charge in [0.2, 0.25) is 0 Å². The van der Waals surface area contributed by atoms with Crippen LogP contribution in [0.25, 0.3) is 0 Å². The van der Waals surface area contributed by atoms with Gasteiger partial charge in [-0.05, 0) is 133 Å². The van der Waals surface area contributed by atoms with Gasteiger partial charge in [0.1, 0.15) is 0 Å². The van der Waals surface area contributed by atoms with Crippen molar-refractivity contribution in [3.05, 3.63) is 132 Å². The number of hydrogen-bond acceptors (Lipinski definition) is 4. The van der Waals surface area contributed by atoms with E-state index in [0.717, 1.165) is 56.1 Å². The maximum absolute atomic E-state index is 10.2. The first kappa shape index (κ1) is 38.6. The van der Waals surface area contributed by atoms with Crippen LogP contribution >= 0.6 is 8.15 Å². The first-order valence-corrected chi connectivity index (χ1v) is 27.2. The summed E-state index contributed by atoms with van der Waals surface area (Å²) in [5, 5.41) is 22.9. The van der Waals surface area contributed by atoms with Crippen LogP contribution in [0.5, 0.6) is 0 Å². The molecule has 4 fully saturated rings. The minimum atomic E-state index is -2.93. The second kappa shape index (κ2) is 22.0. The fraction of sp³-hybridized carbons (Fsp3) is 0.571. The molecule has 0 unspecified atom stereocenters. The van der Waals surface area contributed by atoms with E-state index in [-0.39, 0.29) is 28.4 Å². The molecule has 6 heteroatoms. The Kier molecular flexibility index (Phi) is 13.7. The zero-order valence-electron chi connectivity index (χ0n) is 48.0. The summed E-state index contributed by atoms with van der Waals surface area (Å²) in [6, 6.07) is 21.1. The maximum atomic E-state index is 10.2. The van der Waals surface area contributed by atoms with Gasteiger partial charge >= 0.3 is 0 Å². The summed E-state index contributed by atoms with van der Waals surface area (Å²) in [6.07, 6.45) is 16.1. The number of hydrogen-bond donors (Lipinski definition) is 2. The third-order valence-electron chi connectivity index (χ3n) is 14.7. The van der Waals surface area contributed by atoms with Gasteiger partial charge < -0.3 is 19.2 Å². The van der Waals surface area contributed by atoms with E-state index in [1.165, 1.54) is 27.8 Å². The van der Waals surface area contributed by atoms with Crippen LogP contribution < -0.4 is 10.6 Å². The molecule has 4 aliphatic carbocycles. The highest BCUT2D eigenvalue weighted by molar-refractivity contribution is 7.68. The Morgan fingerprint density at radius 1 is 0.903 bits per heavy atom. The summed E-state index contributed by atoms with van der Waals surface area (Å²) in [6.45, 7) is 18.6. The SMILES string of the molecule is C=C1/C(=C\COP(c2ccccc2)c2ccccc2)C[C@H](C)C[C@@H]1O[Si](C)(C)C(C)(C)C.[2H]C([2H])([2H])C([C@H](/C=C/[C@@H](C)[C@H]1CC[C@H]2/C(=C/C=C3/C[C@H](O)C[C@H](O)C3=C)CCC[C@]12C)C([2H])([2H])[2H])C([2H])([2H])[2H]. The van der Waals surface area contributed by atoms with Gasteiger partial charge in [-0.25, -0.2) is 0 Å². The van der Waals surface area contributed by atoms with E-state index in [1.54, 1.807) is 6.08 Å². The van der Waals surface area contributed by atoms with Crippen molar-refractivity contribution in [1.29, 1.82) is 0 Å². The molecular weight excluding hydrogens is 796 g/mol. The molecule has 9 atom stereocenters. The van der Waals surface area contributed by atoms with Crippen molar-refractivity contribution in [1.82, 2.24) is 0 Å². The van der Waals surface area contributed by atoms with Crippen LogP contribution in [0.2, 0.25) is 18.1 Å². The first-order chi connectivity index (χ1) is 32.8. The van der Waals surface area contributed by atoms with Crippen LogP contribution in [0, 0.1) is 40.9 Å². The summed E-state index contributed by atoms with van der Waals surface area (Å²) < 4.78 is 83.8. The molecule has 2 aromatic carbocycles. The molecule has 0 amide bonds. The molecule has 2 aromatic rings. The Morgan fingerprint density at radius 2 is 1.56 bits per heavy atom. The van der Waals surface area contributed by atoms with Crippen LogP contribution in [0.3, 0.4) is 0 Å². The zero-order chi connectivity index (χ0) is 52.9. The number of aliphatic hydroxyl groups is 2. The Bertz CT molecular complexity index is 2170. The highest BCUT2D eigenvalue weighted by Crippen LogP contribution is 2.59. The predicted octanol–water partition coefficient (Wildman–Crippen LogP) is 14.0. The Balaban J connectivity index is 0.000000269. The van der Waals surface area contributed by atoms with Crippen LogP contribution in [0.4, 0.5) is 0 Å². The van der Waals surface area contributed by atoms with Gasteiger partial charge in [0.25, 0.3) is 0 Å². The molecule has 62 heavy (non-hydrogen) atoms. The van der Waals surface area contributed by atoms with Crippen molar-refractivity contribution in [2.75, 3.05) is 6.61 Å². The summed E-state index contributed by atoms with van der Waals surface area (Å²) in [7, 11) is -2.70. The molecule has 0 heterocycles. The Hall–Kier alpha value is -2.63. The lowest BCUT2D eigenvalue weighted by molar-refractivity contribution is 0.0862. The van der Waals surface area contributed by atoms with Crippen molar-refractivity contribution in [3.63, 3.8) is 0 Å². The number of allylic oxidation sites excluding steroid dienone is 5. The number of aliphatic hydroxyl groups excluding tert-OH is 2. The van der Waals surface area contributed by atoms with Gasteiger partial charge in [0.15, 0.2) is 8.32 Å². The predicted molar refractivity (Wildman–Crippen MR) is 270 cm³/mol. The fourth-order valence-electron chi connectivity index (χ4n) is 9.96. The van der Waals surface area contributed by atoms with Gasteiger partial charge in [-0.1, -0.05) is 172 Å². The van der Waals surface area contributed by atoms with Gasteiger partial charge in [-0.2, -0.15) is 0 Å². The van der Waals surface area contributed by atoms with Crippen molar-refractivity contribution < 1.29 is 31.5 Å². The van der Waals surface area contributed by atoms with Gasteiger partial charge in [-0.15, -0.1) is 0 Å². The van der Waals surface area contributed by atoms with E-state index in [4.69, 9.17) is 21.3 Å². The average Bonchev–Trinajstić information content (AvgIpc) is 3.62. The molecule has 6 rings (SSSR count). The van der Waals surface area contributed by atoms with Gasteiger partial charge in [-0.3, -0.25) is 0 Å². The van der Waals surface area contributed by atoms with E-state index < -0.39 is 61.1 Å².